The van der Waals surface area contributed by atoms with E-state index in [0.717, 1.165) is 29.8 Å². The molecule has 0 saturated heterocycles. The van der Waals surface area contributed by atoms with E-state index in [4.69, 9.17) is 4.74 Å². The van der Waals surface area contributed by atoms with Crippen LogP contribution in [0, 0.1) is 18.6 Å². The first-order valence-electron chi connectivity index (χ1n) is 9.31. The summed E-state index contributed by atoms with van der Waals surface area (Å²) in [5.41, 5.74) is 2.01. The molecule has 1 heterocycles. The van der Waals surface area contributed by atoms with Crippen LogP contribution in [0.25, 0.3) is 0 Å². The van der Waals surface area contributed by atoms with Gasteiger partial charge < -0.3 is 9.64 Å². The summed E-state index contributed by atoms with van der Waals surface area (Å²) in [6.45, 7) is 2.71. The van der Waals surface area contributed by atoms with Crippen molar-refractivity contribution in [3.63, 3.8) is 0 Å². The van der Waals surface area contributed by atoms with E-state index in [1.807, 2.05) is 32.3 Å². The van der Waals surface area contributed by atoms with Gasteiger partial charge in [-0.05, 0) is 60.2 Å². The number of aryl methyl sites for hydroxylation is 1. The maximum absolute atomic E-state index is 13.8. The third-order valence-corrected chi connectivity index (χ3v) is 5.16. The minimum absolute atomic E-state index is 0.0684. The summed E-state index contributed by atoms with van der Waals surface area (Å²) in [5.74, 6) is -0.841. The number of nitrogens with zero attached hydrogens (tertiary/aromatic N) is 3. The highest BCUT2D eigenvalue weighted by atomic mass is 79.9. The smallest absolute Gasteiger partial charge is 0.272 e. The summed E-state index contributed by atoms with van der Waals surface area (Å²) in [6.07, 6.45) is 0. The highest BCUT2D eigenvalue weighted by Gasteiger charge is 2.15. The third-order valence-electron chi connectivity index (χ3n) is 4.49. The molecule has 0 fully saturated rings. The maximum atomic E-state index is 13.8. The van der Waals surface area contributed by atoms with Crippen LogP contribution in [0.2, 0.25) is 0 Å². The lowest BCUT2D eigenvalue weighted by molar-refractivity contribution is 0.282. The standard InChI is InChI=1S/C22H22BrF2N3O2/c1-14-26-21(30-13-17-7-8-18(24)10-19(17)25)20(23)22(29)28(14)12-16-6-4-5-15(9-16)11-27(2)3/h4-10H,11-13H2,1-3H3. The van der Waals surface area contributed by atoms with Crippen LogP contribution in [-0.2, 0) is 19.7 Å². The van der Waals surface area contributed by atoms with Crippen LogP contribution in [0.3, 0.4) is 0 Å². The van der Waals surface area contributed by atoms with Crippen LogP contribution in [0.15, 0.2) is 51.7 Å². The predicted octanol–water partition coefficient (Wildman–Crippen LogP) is 4.28. The molecule has 0 unspecified atom stereocenters. The zero-order valence-electron chi connectivity index (χ0n) is 17.0. The Morgan fingerprint density at radius 3 is 2.57 bits per heavy atom. The fourth-order valence-corrected chi connectivity index (χ4v) is 3.47. The minimum Gasteiger partial charge on any atom is -0.472 e. The van der Waals surface area contributed by atoms with E-state index in [9.17, 15) is 13.6 Å². The molecule has 0 amide bonds. The molecule has 0 N–H and O–H groups in total. The van der Waals surface area contributed by atoms with E-state index >= 15 is 0 Å². The zero-order valence-corrected chi connectivity index (χ0v) is 18.5. The molecule has 2 aromatic carbocycles. The monoisotopic (exact) mass is 477 g/mol. The second kappa shape index (κ2) is 9.49. The van der Waals surface area contributed by atoms with Gasteiger partial charge >= 0.3 is 0 Å². The van der Waals surface area contributed by atoms with Crippen LogP contribution < -0.4 is 10.3 Å². The molecule has 0 aliphatic heterocycles. The lowest BCUT2D eigenvalue weighted by Crippen LogP contribution is -2.26. The van der Waals surface area contributed by atoms with E-state index < -0.39 is 11.6 Å². The average Bonchev–Trinajstić information content (AvgIpc) is 2.68. The van der Waals surface area contributed by atoms with Crippen molar-refractivity contribution in [2.75, 3.05) is 14.1 Å². The predicted molar refractivity (Wildman–Crippen MR) is 115 cm³/mol. The first kappa shape index (κ1) is 22.1. The summed E-state index contributed by atoms with van der Waals surface area (Å²) in [5, 5.41) is 0. The Balaban J connectivity index is 1.82. The largest absolute Gasteiger partial charge is 0.472 e. The number of aromatic nitrogens is 2. The van der Waals surface area contributed by atoms with Crippen molar-refractivity contribution in [3.05, 3.63) is 91.4 Å². The van der Waals surface area contributed by atoms with Crippen molar-refractivity contribution in [1.29, 1.82) is 0 Å². The van der Waals surface area contributed by atoms with E-state index in [0.29, 0.717) is 12.4 Å². The summed E-state index contributed by atoms with van der Waals surface area (Å²) in [6, 6.07) is 11.3. The summed E-state index contributed by atoms with van der Waals surface area (Å²) < 4.78 is 34.1. The topological polar surface area (TPSA) is 47.4 Å². The number of ether oxygens (including phenoxy) is 1. The van der Waals surface area contributed by atoms with Gasteiger partial charge in [0.05, 0.1) is 6.54 Å². The lowest BCUT2D eigenvalue weighted by atomic mass is 10.1. The molecule has 0 aliphatic rings. The average molecular weight is 478 g/mol. The number of benzene rings is 2. The molecule has 158 valence electrons. The van der Waals surface area contributed by atoms with Crippen molar-refractivity contribution >= 4 is 15.9 Å². The van der Waals surface area contributed by atoms with Gasteiger partial charge in [0.2, 0.25) is 5.88 Å². The third kappa shape index (κ3) is 5.31. The van der Waals surface area contributed by atoms with Gasteiger partial charge in [-0.3, -0.25) is 9.36 Å². The van der Waals surface area contributed by atoms with Gasteiger partial charge in [-0.2, -0.15) is 4.98 Å². The fraction of sp³-hybridized carbons (Fsp3) is 0.273. The zero-order chi connectivity index (χ0) is 21.8. The molecule has 3 aromatic rings. The van der Waals surface area contributed by atoms with E-state index in [1.165, 1.54) is 6.07 Å². The summed E-state index contributed by atoms with van der Waals surface area (Å²) >= 11 is 3.25. The van der Waals surface area contributed by atoms with Gasteiger partial charge in [0.15, 0.2) is 0 Å². The van der Waals surface area contributed by atoms with Crippen molar-refractivity contribution in [1.82, 2.24) is 14.5 Å². The molecular weight excluding hydrogens is 456 g/mol. The molecule has 0 saturated carbocycles. The summed E-state index contributed by atoms with van der Waals surface area (Å²) in [7, 11) is 4.00. The minimum atomic E-state index is -0.714. The van der Waals surface area contributed by atoms with Crippen LogP contribution in [0.1, 0.15) is 22.5 Å². The van der Waals surface area contributed by atoms with Gasteiger partial charge in [-0.1, -0.05) is 24.3 Å². The second-order valence-electron chi connectivity index (χ2n) is 7.25. The molecule has 0 aliphatic carbocycles. The highest BCUT2D eigenvalue weighted by molar-refractivity contribution is 9.10. The molecule has 0 spiro atoms. The molecule has 0 bridgehead atoms. The molecular formula is C22H22BrF2N3O2. The number of hydrogen-bond acceptors (Lipinski definition) is 4. The SMILES string of the molecule is Cc1nc(OCc2ccc(F)cc2F)c(Br)c(=O)n1Cc1cccc(CN(C)C)c1. The maximum Gasteiger partial charge on any atom is 0.272 e. The van der Waals surface area contributed by atoms with Crippen LogP contribution >= 0.6 is 15.9 Å². The Kier molecular flexibility index (Phi) is 6.99. The summed E-state index contributed by atoms with van der Waals surface area (Å²) in [4.78, 5) is 19.3. The Hall–Kier alpha value is -2.58. The Morgan fingerprint density at radius 2 is 1.87 bits per heavy atom. The molecule has 5 nitrogen and oxygen atoms in total. The molecule has 0 atom stereocenters. The van der Waals surface area contributed by atoms with Gasteiger partial charge in [0.1, 0.15) is 28.5 Å². The molecule has 30 heavy (non-hydrogen) atoms. The lowest BCUT2D eigenvalue weighted by Gasteiger charge is -2.15. The Morgan fingerprint density at radius 1 is 1.13 bits per heavy atom. The number of halogens is 3. The van der Waals surface area contributed by atoms with E-state index in [-0.39, 0.29) is 28.1 Å². The van der Waals surface area contributed by atoms with E-state index in [1.54, 1.807) is 11.5 Å². The number of hydrogen-bond donors (Lipinski definition) is 0. The second-order valence-corrected chi connectivity index (χ2v) is 8.04. The quantitative estimate of drug-likeness (QED) is 0.509. The van der Waals surface area contributed by atoms with Gasteiger partial charge in [0.25, 0.3) is 5.56 Å². The van der Waals surface area contributed by atoms with Crippen LogP contribution in [0.5, 0.6) is 5.88 Å². The molecule has 0 radical (unpaired) electrons. The van der Waals surface area contributed by atoms with Gasteiger partial charge in [-0.15, -0.1) is 0 Å². The van der Waals surface area contributed by atoms with Crippen LogP contribution in [0.4, 0.5) is 8.78 Å². The first-order chi connectivity index (χ1) is 14.2. The van der Waals surface area contributed by atoms with Crippen molar-refractivity contribution in [2.45, 2.75) is 26.6 Å². The normalized spacial score (nSPS) is 11.2. The fourth-order valence-electron chi connectivity index (χ4n) is 3.05. The first-order valence-corrected chi connectivity index (χ1v) is 10.1. The van der Waals surface area contributed by atoms with Crippen molar-refractivity contribution < 1.29 is 13.5 Å². The Bertz CT molecular complexity index is 1120. The molecule has 3 rings (SSSR count). The Labute approximate surface area is 182 Å². The van der Waals surface area contributed by atoms with Crippen molar-refractivity contribution in [3.8, 4) is 5.88 Å². The molecule has 8 heteroatoms. The van der Waals surface area contributed by atoms with Crippen LogP contribution in [-0.4, -0.2) is 28.5 Å². The van der Waals surface area contributed by atoms with Crippen molar-refractivity contribution in [2.24, 2.45) is 0 Å². The highest BCUT2D eigenvalue weighted by Crippen LogP contribution is 2.21. The van der Waals surface area contributed by atoms with Gasteiger partial charge in [-0.25, -0.2) is 8.78 Å². The van der Waals surface area contributed by atoms with Gasteiger partial charge in [0, 0.05) is 18.2 Å². The van der Waals surface area contributed by atoms with E-state index in [2.05, 4.69) is 31.9 Å². The molecule has 1 aromatic heterocycles. The number of rotatable bonds is 7.